The monoisotopic (exact) mass is 386 g/mol. The molecule has 0 spiro atoms. The zero-order chi connectivity index (χ0) is 19.8. The molecule has 4 nitrogen and oxygen atoms in total. The van der Waals surface area contributed by atoms with Crippen LogP contribution in [-0.2, 0) is 16.6 Å². The van der Waals surface area contributed by atoms with Gasteiger partial charge in [-0.15, -0.1) is 0 Å². The number of ether oxygens (including phenoxy) is 3. The van der Waals surface area contributed by atoms with Crippen LogP contribution >= 0.6 is 0 Å². The van der Waals surface area contributed by atoms with Gasteiger partial charge in [0.15, 0.2) is 11.5 Å². The third-order valence-corrected chi connectivity index (χ3v) is 5.92. The first-order valence-corrected chi connectivity index (χ1v) is 9.85. The average molecular weight is 386 g/mol. The molecule has 1 heterocycles. The van der Waals surface area contributed by atoms with Gasteiger partial charge in [0.2, 0.25) is 6.79 Å². The molecule has 1 aliphatic carbocycles. The summed E-state index contributed by atoms with van der Waals surface area (Å²) < 4.78 is 16.4. The van der Waals surface area contributed by atoms with Crippen molar-refractivity contribution in [1.29, 1.82) is 0 Å². The number of carbonyl (C=O) groups is 1. The molecule has 0 bridgehead atoms. The molecule has 0 N–H and O–H groups in total. The van der Waals surface area contributed by atoms with Gasteiger partial charge in [0.05, 0.1) is 12.5 Å². The summed E-state index contributed by atoms with van der Waals surface area (Å²) in [5.41, 5.74) is 3.72. The molecule has 0 atom stereocenters. The number of rotatable bonds is 6. The predicted octanol–water partition coefficient (Wildman–Crippen LogP) is 4.93. The molecule has 3 aromatic rings. The van der Waals surface area contributed by atoms with E-state index in [9.17, 15) is 4.79 Å². The van der Waals surface area contributed by atoms with E-state index in [-0.39, 0.29) is 12.6 Å². The van der Waals surface area contributed by atoms with Crippen LogP contribution in [-0.4, -0.2) is 19.7 Å². The van der Waals surface area contributed by atoms with Crippen LogP contribution in [0.15, 0.2) is 66.7 Å². The summed E-state index contributed by atoms with van der Waals surface area (Å²) in [5.74, 6) is 2.54. The molecule has 0 amide bonds. The van der Waals surface area contributed by atoms with E-state index < -0.39 is 5.41 Å². The van der Waals surface area contributed by atoms with Crippen LogP contribution in [0.3, 0.4) is 0 Å². The van der Waals surface area contributed by atoms with Gasteiger partial charge >= 0.3 is 0 Å². The molecule has 0 saturated heterocycles. The molecule has 1 saturated carbocycles. The summed E-state index contributed by atoms with van der Waals surface area (Å²) in [5, 5.41) is 0. The maximum absolute atomic E-state index is 13.3. The third kappa shape index (κ3) is 3.15. The molecule has 3 aromatic carbocycles. The van der Waals surface area contributed by atoms with Crippen molar-refractivity contribution >= 4 is 5.78 Å². The Bertz CT molecular complexity index is 1070. The van der Waals surface area contributed by atoms with E-state index in [1.807, 2.05) is 48.5 Å². The van der Waals surface area contributed by atoms with Gasteiger partial charge < -0.3 is 14.2 Å². The van der Waals surface area contributed by atoms with Gasteiger partial charge in [-0.2, -0.15) is 0 Å². The smallest absolute Gasteiger partial charge is 0.231 e. The SMILES string of the molecule is COc1ccc(CC(=O)C2(c3ccc4c(c3)OCO4)CC2)cc1-c1ccccc1. The van der Waals surface area contributed by atoms with Crippen LogP contribution in [0, 0.1) is 0 Å². The first-order valence-electron chi connectivity index (χ1n) is 9.85. The molecule has 146 valence electrons. The van der Waals surface area contributed by atoms with Gasteiger partial charge in [-0.3, -0.25) is 4.79 Å². The minimum atomic E-state index is -0.395. The van der Waals surface area contributed by atoms with Crippen molar-refractivity contribution in [3.05, 3.63) is 77.9 Å². The molecule has 1 aliphatic heterocycles. The van der Waals surface area contributed by atoms with Gasteiger partial charge in [0.1, 0.15) is 11.5 Å². The summed E-state index contributed by atoms with van der Waals surface area (Å²) in [4.78, 5) is 13.3. The van der Waals surface area contributed by atoms with E-state index in [1.54, 1.807) is 7.11 Å². The van der Waals surface area contributed by atoms with Crippen molar-refractivity contribution in [2.45, 2.75) is 24.7 Å². The number of hydrogen-bond donors (Lipinski definition) is 0. The molecule has 29 heavy (non-hydrogen) atoms. The van der Waals surface area contributed by atoms with Gasteiger partial charge in [-0.1, -0.05) is 42.5 Å². The van der Waals surface area contributed by atoms with Crippen molar-refractivity contribution < 1.29 is 19.0 Å². The zero-order valence-electron chi connectivity index (χ0n) is 16.3. The average Bonchev–Trinajstić information content (AvgIpc) is 3.45. The van der Waals surface area contributed by atoms with Crippen LogP contribution in [0.25, 0.3) is 11.1 Å². The van der Waals surface area contributed by atoms with E-state index in [2.05, 4.69) is 18.2 Å². The van der Waals surface area contributed by atoms with Gasteiger partial charge in [-0.25, -0.2) is 0 Å². The second-order valence-corrected chi connectivity index (χ2v) is 7.65. The Morgan fingerprint density at radius 3 is 2.52 bits per heavy atom. The number of ketones is 1. The first kappa shape index (κ1) is 17.8. The number of benzene rings is 3. The number of Topliss-reactive ketones (excluding diaryl/α,β-unsaturated/α-hetero) is 1. The van der Waals surface area contributed by atoms with Crippen LogP contribution in [0.5, 0.6) is 17.2 Å². The lowest BCUT2D eigenvalue weighted by Crippen LogP contribution is -2.22. The number of methoxy groups -OCH3 is 1. The maximum Gasteiger partial charge on any atom is 0.231 e. The van der Waals surface area contributed by atoms with Gasteiger partial charge in [0, 0.05) is 12.0 Å². The second kappa shape index (κ2) is 6.96. The Labute approximate surface area is 170 Å². The van der Waals surface area contributed by atoms with Crippen molar-refractivity contribution in [1.82, 2.24) is 0 Å². The van der Waals surface area contributed by atoms with Crippen molar-refractivity contribution in [2.24, 2.45) is 0 Å². The Hall–Kier alpha value is -3.27. The Kier molecular flexibility index (Phi) is 4.27. The fourth-order valence-electron chi connectivity index (χ4n) is 4.11. The lowest BCUT2D eigenvalue weighted by molar-refractivity contribution is -0.120. The van der Waals surface area contributed by atoms with Crippen molar-refractivity contribution in [3.8, 4) is 28.4 Å². The highest BCUT2D eigenvalue weighted by Crippen LogP contribution is 2.51. The highest BCUT2D eigenvalue weighted by Gasteiger charge is 2.50. The molecule has 4 heteroatoms. The number of fused-ring (bicyclic) bond motifs is 1. The molecular formula is C25H22O4. The molecule has 1 fully saturated rings. The summed E-state index contributed by atoms with van der Waals surface area (Å²) in [6.07, 6.45) is 2.17. The summed E-state index contributed by atoms with van der Waals surface area (Å²) in [7, 11) is 1.67. The largest absolute Gasteiger partial charge is 0.496 e. The standard InChI is InChI=1S/C25H22O4/c1-27-21-9-7-17(13-20(21)18-5-3-2-4-6-18)14-24(26)25(11-12-25)19-8-10-22-23(15-19)29-16-28-22/h2-10,13,15H,11-12,14,16H2,1H3. The highest BCUT2D eigenvalue weighted by molar-refractivity contribution is 5.95. The minimum absolute atomic E-state index is 0.244. The zero-order valence-corrected chi connectivity index (χ0v) is 16.3. The van der Waals surface area contributed by atoms with Crippen LogP contribution in [0.2, 0.25) is 0 Å². The van der Waals surface area contributed by atoms with Crippen LogP contribution < -0.4 is 14.2 Å². The summed E-state index contributed by atoms with van der Waals surface area (Å²) in [6, 6.07) is 22.0. The summed E-state index contributed by atoms with van der Waals surface area (Å²) >= 11 is 0. The van der Waals surface area contributed by atoms with Crippen LogP contribution in [0.1, 0.15) is 24.0 Å². The van der Waals surface area contributed by atoms with E-state index in [0.717, 1.165) is 52.3 Å². The fourth-order valence-corrected chi connectivity index (χ4v) is 4.11. The second-order valence-electron chi connectivity index (χ2n) is 7.65. The minimum Gasteiger partial charge on any atom is -0.496 e. The number of carbonyl (C=O) groups excluding carboxylic acids is 1. The maximum atomic E-state index is 13.3. The molecule has 0 aromatic heterocycles. The molecular weight excluding hydrogens is 364 g/mol. The lowest BCUT2D eigenvalue weighted by atomic mass is 9.87. The fraction of sp³-hybridized carbons (Fsp3) is 0.240. The molecule has 2 aliphatic rings. The van der Waals surface area contributed by atoms with E-state index in [4.69, 9.17) is 14.2 Å². The van der Waals surface area contributed by atoms with Gasteiger partial charge in [-0.05, 0) is 53.8 Å². The third-order valence-electron chi connectivity index (χ3n) is 5.92. The first-order chi connectivity index (χ1) is 14.2. The predicted molar refractivity (Wildman–Crippen MR) is 111 cm³/mol. The molecule has 0 unspecified atom stereocenters. The van der Waals surface area contributed by atoms with E-state index in [1.165, 1.54) is 0 Å². The lowest BCUT2D eigenvalue weighted by Gasteiger charge is -2.16. The quantitative estimate of drug-likeness (QED) is 0.602. The van der Waals surface area contributed by atoms with E-state index >= 15 is 0 Å². The molecule has 0 radical (unpaired) electrons. The van der Waals surface area contributed by atoms with Crippen LogP contribution in [0.4, 0.5) is 0 Å². The number of hydrogen-bond acceptors (Lipinski definition) is 4. The Morgan fingerprint density at radius 2 is 1.76 bits per heavy atom. The topological polar surface area (TPSA) is 44.8 Å². The summed E-state index contributed by atoms with van der Waals surface area (Å²) in [6.45, 7) is 0.244. The van der Waals surface area contributed by atoms with Crippen molar-refractivity contribution in [3.63, 3.8) is 0 Å². The Balaban J connectivity index is 1.42. The van der Waals surface area contributed by atoms with Crippen molar-refractivity contribution in [2.75, 3.05) is 13.9 Å². The highest BCUT2D eigenvalue weighted by atomic mass is 16.7. The Morgan fingerprint density at radius 1 is 0.966 bits per heavy atom. The normalized spacial score (nSPS) is 15.8. The van der Waals surface area contributed by atoms with Gasteiger partial charge in [0.25, 0.3) is 0 Å². The molecule has 5 rings (SSSR count). The van der Waals surface area contributed by atoms with E-state index in [0.29, 0.717) is 6.42 Å².